The lowest BCUT2D eigenvalue weighted by atomic mass is 10.2. The SMILES string of the molecule is N=C(N)c1ccccc1Oc1cc(F)cc(Br)c1. The number of rotatable bonds is 3. The van der Waals surface area contributed by atoms with E-state index in [9.17, 15) is 4.39 Å². The van der Waals surface area contributed by atoms with Crippen LogP contribution in [0.25, 0.3) is 0 Å². The average molecular weight is 309 g/mol. The largest absolute Gasteiger partial charge is 0.456 e. The number of nitrogens with one attached hydrogen (secondary N) is 1. The highest BCUT2D eigenvalue weighted by molar-refractivity contribution is 9.10. The first-order valence-electron chi connectivity index (χ1n) is 5.13. The smallest absolute Gasteiger partial charge is 0.138 e. The van der Waals surface area contributed by atoms with Crippen LogP contribution >= 0.6 is 15.9 Å². The van der Waals surface area contributed by atoms with Gasteiger partial charge in [0.15, 0.2) is 0 Å². The summed E-state index contributed by atoms with van der Waals surface area (Å²) in [6.07, 6.45) is 0. The molecule has 0 bridgehead atoms. The van der Waals surface area contributed by atoms with Gasteiger partial charge in [-0.15, -0.1) is 0 Å². The van der Waals surface area contributed by atoms with E-state index in [-0.39, 0.29) is 5.84 Å². The van der Waals surface area contributed by atoms with Gasteiger partial charge < -0.3 is 10.5 Å². The zero-order valence-electron chi connectivity index (χ0n) is 9.28. The summed E-state index contributed by atoms with van der Waals surface area (Å²) in [6.45, 7) is 0. The Labute approximate surface area is 112 Å². The van der Waals surface area contributed by atoms with Crippen molar-refractivity contribution in [2.75, 3.05) is 0 Å². The molecule has 0 aliphatic rings. The van der Waals surface area contributed by atoms with Crippen LogP contribution in [-0.2, 0) is 0 Å². The molecule has 0 unspecified atom stereocenters. The Kier molecular flexibility index (Phi) is 3.62. The van der Waals surface area contributed by atoms with Crippen LogP contribution in [0.15, 0.2) is 46.9 Å². The summed E-state index contributed by atoms with van der Waals surface area (Å²) >= 11 is 3.19. The van der Waals surface area contributed by atoms with Crippen molar-refractivity contribution in [3.8, 4) is 11.5 Å². The fourth-order valence-electron chi connectivity index (χ4n) is 1.49. The number of amidine groups is 1. The number of hydrogen-bond acceptors (Lipinski definition) is 2. The van der Waals surface area contributed by atoms with Crippen molar-refractivity contribution in [1.29, 1.82) is 5.41 Å². The molecule has 2 aromatic carbocycles. The standard InChI is InChI=1S/C13H10BrFN2O/c14-8-5-9(15)7-10(6-8)18-12-4-2-1-3-11(12)13(16)17/h1-7H,(H3,16,17). The summed E-state index contributed by atoms with van der Waals surface area (Å²) in [7, 11) is 0. The normalized spacial score (nSPS) is 10.1. The Bertz CT molecular complexity index is 581. The number of para-hydroxylation sites is 1. The molecule has 0 amide bonds. The first kappa shape index (κ1) is 12.6. The molecule has 3 N–H and O–H groups in total. The molecule has 3 nitrogen and oxygen atoms in total. The van der Waals surface area contributed by atoms with Crippen LogP contribution in [-0.4, -0.2) is 5.84 Å². The molecule has 0 saturated carbocycles. The number of halogens is 2. The minimum absolute atomic E-state index is 0.0962. The van der Waals surface area contributed by atoms with Gasteiger partial charge in [-0.25, -0.2) is 4.39 Å². The maximum Gasteiger partial charge on any atom is 0.138 e. The van der Waals surface area contributed by atoms with E-state index in [4.69, 9.17) is 15.9 Å². The van der Waals surface area contributed by atoms with E-state index in [1.54, 1.807) is 30.3 Å². The second-order valence-electron chi connectivity index (χ2n) is 3.62. The van der Waals surface area contributed by atoms with Gasteiger partial charge in [-0.05, 0) is 24.3 Å². The maximum absolute atomic E-state index is 13.2. The van der Waals surface area contributed by atoms with Crippen molar-refractivity contribution in [3.63, 3.8) is 0 Å². The quantitative estimate of drug-likeness (QED) is 0.671. The second-order valence-corrected chi connectivity index (χ2v) is 4.53. The molecule has 0 fully saturated rings. The molecule has 0 aromatic heterocycles. The molecule has 0 spiro atoms. The first-order valence-corrected chi connectivity index (χ1v) is 5.93. The highest BCUT2D eigenvalue weighted by atomic mass is 79.9. The van der Waals surface area contributed by atoms with Crippen LogP contribution in [0.2, 0.25) is 0 Å². The molecule has 0 saturated heterocycles. The minimum Gasteiger partial charge on any atom is -0.456 e. The number of nitrogen functional groups attached to an aromatic ring is 1. The average Bonchev–Trinajstić information content (AvgIpc) is 2.27. The summed E-state index contributed by atoms with van der Waals surface area (Å²) < 4.78 is 19.3. The Morgan fingerprint density at radius 3 is 2.61 bits per heavy atom. The topological polar surface area (TPSA) is 59.1 Å². The number of benzene rings is 2. The van der Waals surface area contributed by atoms with E-state index in [1.165, 1.54) is 12.1 Å². The van der Waals surface area contributed by atoms with Crippen LogP contribution in [0.5, 0.6) is 11.5 Å². The van der Waals surface area contributed by atoms with Gasteiger partial charge in [-0.1, -0.05) is 28.1 Å². The molecule has 0 atom stereocenters. The molecule has 18 heavy (non-hydrogen) atoms. The zero-order chi connectivity index (χ0) is 13.1. The molecule has 2 rings (SSSR count). The molecule has 0 aliphatic heterocycles. The van der Waals surface area contributed by atoms with Crippen molar-refractivity contribution in [2.45, 2.75) is 0 Å². The van der Waals surface area contributed by atoms with E-state index in [1.807, 2.05) is 0 Å². The van der Waals surface area contributed by atoms with Gasteiger partial charge in [0, 0.05) is 10.5 Å². The van der Waals surface area contributed by atoms with Crippen molar-refractivity contribution < 1.29 is 9.13 Å². The molecule has 0 heterocycles. The van der Waals surface area contributed by atoms with Gasteiger partial charge in [0.25, 0.3) is 0 Å². The molecular formula is C13H10BrFN2O. The van der Waals surface area contributed by atoms with E-state index in [0.29, 0.717) is 21.5 Å². The van der Waals surface area contributed by atoms with Crippen LogP contribution in [0.4, 0.5) is 4.39 Å². The first-order chi connectivity index (χ1) is 8.56. The monoisotopic (exact) mass is 308 g/mol. The van der Waals surface area contributed by atoms with Crippen molar-refractivity contribution in [2.24, 2.45) is 5.73 Å². The Morgan fingerprint density at radius 1 is 1.22 bits per heavy atom. The third kappa shape index (κ3) is 2.87. The van der Waals surface area contributed by atoms with E-state index < -0.39 is 5.82 Å². The van der Waals surface area contributed by atoms with Crippen molar-refractivity contribution in [3.05, 3.63) is 58.3 Å². The Balaban J connectivity index is 2.37. The lowest BCUT2D eigenvalue weighted by Crippen LogP contribution is -2.12. The highest BCUT2D eigenvalue weighted by Gasteiger charge is 2.08. The maximum atomic E-state index is 13.2. The third-order valence-corrected chi connectivity index (χ3v) is 2.70. The highest BCUT2D eigenvalue weighted by Crippen LogP contribution is 2.28. The van der Waals surface area contributed by atoms with Gasteiger partial charge in [-0.2, -0.15) is 0 Å². The number of hydrogen-bond donors (Lipinski definition) is 2. The van der Waals surface area contributed by atoms with Crippen LogP contribution in [0.3, 0.4) is 0 Å². The van der Waals surface area contributed by atoms with Gasteiger partial charge in [-0.3, -0.25) is 5.41 Å². The van der Waals surface area contributed by atoms with E-state index in [2.05, 4.69) is 15.9 Å². The molecule has 5 heteroatoms. The van der Waals surface area contributed by atoms with Crippen LogP contribution in [0, 0.1) is 11.2 Å². The van der Waals surface area contributed by atoms with Crippen LogP contribution < -0.4 is 10.5 Å². The van der Waals surface area contributed by atoms with E-state index in [0.717, 1.165) is 0 Å². The molecule has 92 valence electrons. The fourth-order valence-corrected chi connectivity index (χ4v) is 1.94. The number of ether oxygens (including phenoxy) is 1. The summed E-state index contributed by atoms with van der Waals surface area (Å²) in [4.78, 5) is 0. The minimum atomic E-state index is -0.403. The second kappa shape index (κ2) is 5.18. The molecule has 0 aliphatic carbocycles. The summed E-state index contributed by atoms with van der Waals surface area (Å²) in [6, 6.07) is 11.1. The number of nitrogens with two attached hydrogens (primary N) is 1. The lowest BCUT2D eigenvalue weighted by Gasteiger charge is -2.10. The van der Waals surface area contributed by atoms with Gasteiger partial charge in [0.1, 0.15) is 23.2 Å². The Hall–Kier alpha value is -1.88. The zero-order valence-corrected chi connectivity index (χ0v) is 10.9. The summed E-state index contributed by atoms with van der Waals surface area (Å²) in [5.74, 6) is 0.263. The molecular weight excluding hydrogens is 299 g/mol. The lowest BCUT2D eigenvalue weighted by molar-refractivity contribution is 0.475. The summed E-state index contributed by atoms with van der Waals surface area (Å²) in [5, 5.41) is 7.44. The summed E-state index contributed by atoms with van der Waals surface area (Å²) in [5.41, 5.74) is 5.92. The van der Waals surface area contributed by atoms with Gasteiger partial charge >= 0.3 is 0 Å². The van der Waals surface area contributed by atoms with E-state index >= 15 is 0 Å². The fraction of sp³-hybridized carbons (Fsp3) is 0. The van der Waals surface area contributed by atoms with Gasteiger partial charge in [0.05, 0.1) is 5.56 Å². The predicted molar refractivity (Wildman–Crippen MR) is 71.6 cm³/mol. The van der Waals surface area contributed by atoms with Gasteiger partial charge in [0.2, 0.25) is 0 Å². The third-order valence-electron chi connectivity index (χ3n) is 2.24. The van der Waals surface area contributed by atoms with Crippen molar-refractivity contribution in [1.82, 2.24) is 0 Å². The molecule has 2 aromatic rings. The Morgan fingerprint density at radius 2 is 1.94 bits per heavy atom. The molecule has 0 radical (unpaired) electrons. The predicted octanol–water partition coefficient (Wildman–Crippen LogP) is 3.66. The van der Waals surface area contributed by atoms with Crippen LogP contribution in [0.1, 0.15) is 5.56 Å². The van der Waals surface area contributed by atoms with Crippen molar-refractivity contribution >= 4 is 21.8 Å².